The highest BCUT2D eigenvalue weighted by atomic mass is 35.5. The number of hydrogen-bond donors (Lipinski definition) is 1. The fraction of sp³-hybridized carbons (Fsp3) is 0.0909. The Morgan fingerprint density at radius 3 is 2.26 bits per heavy atom. The fourth-order valence-corrected chi connectivity index (χ4v) is 3.05. The number of amides is 1. The molecule has 0 unspecified atom stereocenters. The average Bonchev–Trinajstić information content (AvgIpc) is 2.71. The van der Waals surface area contributed by atoms with Gasteiger partial charge in [0, 0.05) is 11.1 Å². The van der Waals surface area contributed by atoms with Gasteiger partial charge in [0.15, 0.2) is 5.78 Å². The monoisotopic (exact) mass is 397 g/mol. The van der Waals surface area contributed by atoms with Crippen molar-refractivity contribution >= 4 is 40.6 Å². The van der Waals surface area contributed by atoms with Crippen LogP contribution >= 0.6 is 23.2 Å². The van der Waals surface area contributed by atoms with E-state index in [1.807, 2.05) is 24.3 Å². The largest absolute Gasteiger partial charge is 0.324 e. The molecule has 136 valence electrons. The Morgan fingerprint density at radius 1 is 0.852 bits per heavy atom. The summed E-state index contributed by atoms with van der Waals surface area (Å²) in [6, 6.07) is 21.2. The lowest BCUT2D eigenvalue weighted by Crippen LogP contribution is -2.19. The Hall–Kier alpha value is -2.62. The highest BCUT2D eigenvalue weighted by molar-refractivity contribution is 6.44. The molecule has 0 aromatic heterocycles. The molecule has 0 saturated carbocycles. The Labute approximate surface area is 167 Å². The minimum absolute atomic E-state index is 0.0806. The molecule has 1 N–H and O–H groups in total. The molecule has 1 atom stereocenters. The molecule has 5 heteroatoms. The highest BCUT2D eigenvalue weighted by Crippen LogP contribution is 2.30. The van der Waals surface area contributed by atoms with Crippen molar-refractivity contribution in [3.8, 4) is 0 Å². The SMILES string of the molecule is C[C@@H](C(=O)Nc1cccc(Cl)c1Cl)c1cccc(C(=O)c2ccccc2)c1. The standard InChI is InChI=1S/C22H17Cl2NO2/c1-14(22(27)25-19-12-6-11-18(23)20(19)24)16-9-5-10-17(13-16)21(26)15-7-3-2-4-8-15/h2-14H,1H3,(H,25,27)/t14-/m1/s1. The van der Waals surface area contributed by atoms with Gasteiger partial charge in [0.25, 0.3) is 0 Å². The smallest absolute Gasteiger partial charge is 0.231 e. The zero-order chi connectivity index (χ0) is 19.4. The van der Waals surface area contributed by atoms with E-state index in [9.17, 15) is 9.59 Å². The third-order valence-electron chi connectivity index (χ3n) is 4.29. The lowest BCUT2D eigenvalue weighted by atomic mass is 9.95. The Morgan fingerprint density at radius 2 is 1.52 bits per heavy atom. The van der Waals surface area contributed by atoms with E-state index in [4.69, 9.17) is 23.2 Å². The van der Waals surface area contributed by atoms with Crippen molar-refractivity contribution in [1.82, 2.24) is 0 Å². The van der Waals surface area contributed by atoms with E-state index in [1.165, 1.54) is 0 Å². The van der Waals surface area contributed by atoms with E-state index >= 15 is 0 Å². The molecule has 0 radical (unpaired) electrons. The number of ketones is 1. The Bertz CT molecular complexity index is 987. The van der Waals surface area contributed by atoms with Crippen molar-refractivity contribution < 1.29 is 9.59 Å². The molecule has 27 heavy (non-hydrogen) atoms. The average molecular weight is 398 g/mol. The number of anilines is 1. The summed E-state index contributed by atoms with van der Waals surface area (Å²) in [6.45, 7) is 1.78. The van der Waals surface area contributed by atoms with Crippen molar-refractivity contribution in [2.75, 3.05) is 5.32 Å². The van der Waals surface area contributed by atoms with Crippen molar-refractivity contribution in [2.24, 2.45) is 0 Å². The van der Waals surface area contributed by atoms with Gasteiger partial charge in [0.2, 0.25) is 5.91 Å². The first-order valence-electron chi connectivity index (χ1n) is 8.42. The quantitative estimate of drug-likeness (QED) is 0.539. The predicted octanol–water partition coefficient (Wildman–Crippen LogP) is 5.97. The normalized spacial score (nSPS) is 11.7. The number of benzene rings is 3. The van der Waals surface area contributed by atoms with E-state index < -0.39 is 5.92 Å². The summed E-state index contributed by atoms with van der Waals surface area (Å²) in [7, 11) is 0. The summed E-state index contributed by atoms with van der Waals surface area (Å²) >= 11 is 12.1. The van der Waals surface area contributed by atoms with Crippen LogP contribution in [-0.2, 0) is 4.79 Å². The molecule has 0 aliphatic heterocycles. The zero-order valence-electron chi connectivity index (χ0n) is 14.6. The Kier molecular flexibility index (Phi) is 5.94. The molecule has 0 aliphatic carbocycles. The summed E-state index contributed by atoms with van der Waals surface area (Å²) in [5.41, 5.74) is 2.35. The van der Waals surface area contributed by atoms with Crippen LogP contribution in [0.1, 0.15) is 34.3 Å². The van der Waals surface area contributed by atoms with Gasteiger partial charge in [-0.2, -0.15) is 0 Å². The topological polar surface area (TPSA) is 46.2 Å². The van der Waals surface area contributed by atoms with Gasteiger partial charge >= 0.3 is 0 Å². The molecule has 0 spiro atoms. The van der Waals surface area contributed by atoms with Crippen LogP contribution in [0.3, 0.4) is 0 Å². The minimum atomic E-state index is -0.469. The molecule has 0 aliphatic rings. The number of carbonyl (C=O) groups is 2. The van der Waals surface area contributed by atoms with Crippen molar-refractivity contribution in [2.45, 2.75) is 12.8 Å². The summed E-state index contributed by atoms with van der Waals surface area (Å²) < 4.78 is 0. The van der Waals surface area contributed by atoms with Crippen LogP contribution in [0.25, 0.3) is 0 Å². The van der Waals surface area contributed by atoms with Gasteiger partial charge in [0.1, 0.15) is 0 Å². The molecule has 3 aromatic carbocycles. The maximum atomic E-state index is 12.6. The first kappa shape index (κ1) is 19.2. The molecule has 1 amide bonds. The molecular formula is C22H17Cl2NO2. The van der Waals surface area contributed by atoms with E-state index in [1.54, 1.807) is 55.5 Å². The lowest BCUT2D eigenvalue weighted by Gasteiger charge is -2.15. The van der Waals surface area contributed by atoms with Gasteiger partial charge < -0.3 is 5.32 Å². The maximum Gasteiger partial charge on any atom is 0.231 e. The predicted molar refractivity (Wildman–Crippen MR) is 110 cm³/mol. The molecular weight excluding hydrogens is 381 g/mol. The minimum Gasteiger partial charge on any atom is -0.324 e. The van der Waals surface area contributed by atoms with Gasteiger partial charge in [-0.05, 0) is 30.7 Å². The van der Waals surface area contributed by atoms with Crippen LogP contribution in [0.2, 0.25) is 10.0 Å². The van der Waals surface area contributed by atoms with Crippen LogP contribution < -0.4 is 5.32 Å². The fourth-order valence-electron chi connectivity index (χ4n) is 2.70. The van der Waals surface area contributed by atoms with E-state index in [0.717, 1.165) is 5.56 Å². The zero-order valence-corrected chi connectivity index (χ0v) is 16.1. The Balaban J connectivity index is 1.81. The second-order valence-corrected chi connectivity index (χ2v) is 6.92. The third-order valence-corrected chi connectivity index (χ3v) is 5.11. The van der Waals surface area contributed by atoms with Gasteiger partial charge in [-0.25, -0.2) is 0 Å². The summed E-state index contributed by atoms with van der Waals surface area (Å²) in [5.74, 6) is -0.782. The van der Waals surface area contributed by atoms with E-state index in [0.29, 0.717) is 26.9 Å². The molecule has 0 saturated heterocycles. The molecule has 3 rings (SSSR count). The lowest BCUT2D eigenvalue weighted by molar-refractivity contribution is -0.117. The summed E-state index contributed by atoms with van der Waals surface area (Å²) in [6.07, 6.45) is 0. The van der Waals surface area contributed by atoms with Crippen LogP contribution in [0, 0.1) is 0 Å². The second-order valence-electron chi connectivity index (χ2n) is 6.13. The highest BCUT2D eigenvalue weighted by Gasteiger charge is 2.19. The van der Waals surface area contributed by atoms with Crippen molar-refractivity contribution in [1.29, 1.82) is 0 Å². The number of hydrogen-bond acceptors (Lipinski definition) is 2. The first-order chi connectivity index (χ1) is 13.0. The third kappa shape index (κ3) is 4.38. The van der Waals surface area contributed by atoms with Crippen LogP contribution in [0.15, 0.2) is 72.8 Å². The second kappa shape index (κ2) is 8.38. The van der Waals surface area contributed by atoms with Crippen molar-refractivity contribution in [3.05, 3.63) is 99.5 Å². The van der Waals surface area contributed by atoms with Crippen LogP contribution in [-0.4, -0.2) is 11.7 Å². The van der Waals surface area contributed by atoms with Gasteiger partial charge in [0.05, 0.1) is 21.7 Å². The molecule has 3 nitrogen and oxygen atoms in total. The molecule has 0 heterocycles. The molecule has 0 fully saturated rings. The molecule has 3 aromatic rings. The maximum absolute atomic E-state index is 12.6. The number of carbonyl (C=O) groups excluding carboxylic acids is 2. The van der Waals surface area contributed by atoms with Crippen LogP contribution in [0.4, 0.5) is 5.69 Å². The van der Waals surface area contributed by atoms with E-state index in [2.05, 4.69) is 5.32 Å². The van der Waals surface area contributed by atoms with Gasteiger partial charge in [-0.1, -0.05) is 77.8 Å². The van der Waals surface area contributed by atoms with E-state index in [-0.39, 0.29) is 11.7 Å². The number of halogens is 2. The van der Waals surface area contributed by atoms with Gasteiger partial charge in [-0.3, -0.25) is 9.59 Å². The summed E-state index contributed by atoms with van der Waals surface area (Å²) in [5, 5.41) is 3.46. The summed E-state index contributed by atoms with van der Waals surface area (Å²) in [4.78, 5) is 25.3. The first-order valence-corrected chi connectivity index (χ1v) is 9.17. The van der Waals surface area contributed by atoms with Crippen molar-refractivity contribution in [3.63, 3.8) is 0 Å². The number of nitrogens with one attached hydrogen (secondary N) is 1. The van der Waals surface area contributed by atoms with Gasteiger partial charge in [-0.15, -0.1) is 0 Å². The molecule has 0 bridgehead atoms. The number of rotatable bonds is 5. The van der Waals surface area contributed by atoms with Crippen LogP contribution in [0.5, 0.6) is 0 Å².